The lowest BCUT2D eigenvalue weighted by Gasteiger charge is -2.20. The highest BCUT2D eigenvalue weighted by Gasteiger charge is 2.11. The number of aromatic amines is 2. The second-order valence-electron chi connectivity index (χ2n) is 6.98. The zero-order valence-corrected chi connectivity index (χ0v) is 17.1. The molecule has 2 aromatic heterocycles. The molecular formula is C23H25N7. The molecule has 2 heterocycles. The van der Waals surface area contributed by atoms with Crippen molar-refractivity contribution in [3.8, 4) is 22.5 Å². The molecule has 0 aliphatic carbocycles. The Hall–Kier alpha value is -3.87. The molecule has 0 saturated carbocycles. The fourth-order valence-corrected chi connectivity index (χ4v) is 3.27. The minimum absolute atomic E-state index is 0.553. The molecule has 4 rings (SSSR count). The van der Waals surface area contributed by atoms with Crippen LogP contribution < -0.4 is 5.32 Å². The van der Waals surface area contributed by atoms with Crippen LogP contribution in [0, 0.1) is 0 Å². The molecule has 2 aromatic carbocycles. The van der Waals surface area contributed by atoms with Crippen LogP contribution in [0.5, 0.6) is 0 Å². The van der Waals surface area contributed by atoms with Gasteiger partial charge in [0.15, 0.2) is 5.96 Å². The van der Waals surface area contributed by atoms with Crippen molar-refractivity contribution < 1.29 is 0 Å². The number of benzene rings is 2. The molecule has 0 saturated heterocycles. The lowest BCUT2D eigenvalue weighted by molar-refractivity contribution is 0.463. The van der Waals surface area contributed by atoms with E-state index in [1.165, 1.54) is 0 Å². The van der Waals surface area contributed by atoms with E-state index < -0.39 is 0 Å². The summed E-state index contributed by atoms with van der Waals surface area (Å²) in [5.41, 5.74) is 4.24. The summed E-state index contributed by atoms with van der Waals surface area (Å²) in [6.07, 6.45) is 3.72. The molecule has 0 amide bonds. The molecule has 7 heteroatoms. The van der Waals surface area contributed by atoms with Crippen LogP contribution in [-0.2, 0) is 13.1 Å². The number of nitrogens with one attached hydrogen (secondary N) is 3. The molecule has 0 aliphatic heterocycles. The van der Waals surface area contributed by atoms with Gasteiger partial charge in [-0.25, -0.2) is 9.97 Å². The molecule has 0 atom stereocenters. The Morgan fingerprint density at radius 3 is 1.97 bits per heavy atom. The number of hydrogen-bond acceptors (Lipinski definition) is 3. The summed E-state index contributed by atoms with van der Waals surface area (Å²) in [4.78, 5) is 22.1. The second kappa shape index (κ2) is 9.09. The van der Waals surface area contributed by atoms with E-state index in [-0.39, 0.29) is 0 Å². The number of hydrogen-bond donors (Lipinski definition) is 3. The molecule has 30 heavy (non-hydrogen) atoms. The maximum absolute atomic E-state index is 4.51. The highest BCUT2D eigenvalue weighted by Crippen LogP contribution is 2.17. The summed E-state index contributed by atoms with van der Waals surface area (Å²) in [5, 5.41) is 3.35. The molecule has 4 aromatic rings. The number of aromatic nitrogens is 4. The van der Waals surface area contributed by atoms with E-state index in [0.717, 1.165) is 40.1 Å². The number of aliphatic imine (C=N–C) groups is 1. The fraction of sp³-hybridized carbons (Fsp3) is 0.174. The quantitative estimate of drug-likeness (QED) is 0.341. The molecule has 0 radical (unpaired) electrons. The van der Waals surface area contributed by atoms with Crippen molar-refractivity contribution in [1.29, 1.82) is 0 Å². The van der Waals surface area contributed by atoms with Crippen LogP contribution >= 0.6 is 0 Å². The van der Waals surface area contributed by atoms with Crippen LogP contribution in [0.15, 0.2) is 78.0 Å². The SMILES string of the molecule is CN=C(NCc1ncc(-c2ccccc2)[nH]1)N(C)Cc1ncc(-c2ccccc2)[nH]1. The summed E-state index contributed by atoms with van der Waals surface area (Å²) in [7, 11) is 3.76. The van der Waals surface area contributed by atoms with Crippen molar-refractivity contribution in [2.45, 2.75) is 13.1 Å². The smallest absolute Gasteiger partial charge is 0.194 e. The summed E-state index contributed by atoms with van der Waals surface area (Å²) in [5.74, 6) is 2.50. The number of rotatable bonds is 6. The normalized spacial score (nSPS) is 11.5. The minimum atomic E-state index is 0.553. The molecule has 0 fully saturated rings. The van der Waals surface area contributed by atoms with E-state index in [1.54, 1.807) is 7.05 Å². The first-order chi connectivity index (χ1) is 14.7. The van der Waals surface area contributed by atoms with Crippen molar-refractivity contribution in [2.24, 2.45) is 4.99 Å². The van der Waals surface area contributed by atoms with Gasteiger partial charge in [0.2, 0.25) is 0 Å². The van der Waals surface area contributed by atoms with Gasteiger partial charge in [0.1, 0.15) is 11.6 Å². The van der Waals surface area contributed by atoms with Crippen molar-refractivity contribution in [3.63, 3.8) is 0 Å². The molecule has 0 bridgehead atoms. The van der Waals surface area contributed by atoms with Gasteiger partial charge in [-0.2, -0.15) is 0 Å². The van der Waals surface area contributed by atoms with Gasteiger partial charge in [-0.3, -0.25) is 4.99 Å². The van der Waals surface area contributed by atoms with Gasteiger partial charge in [-0.15, -0.1) is 0 Å². The van der Waals surface area contributed by atoms with Gasteiger partial charge in [0.25, 0.3) is 0 Å². The number of imidazole rings is 2. The van der Waals surface area contributed by atoms with Crippen LogP contribution in [0.4, 0.5) is 0 Å². The molecule has 0 unspecified atom stereocenters. The summed E-state index contributed by atoms with van der Waals surface area (Å²) in [6.45, 7) is 1.16. The minimum Gasteiger partial charge on any atom is -0.349 e. The molecular weight excluding hydrogens is 374 g/mol. The van der Waals surface area contributed by atoms with Crippen molar-refractivity contribution in [3.05, 3.63) is 84.7 Å². The second-order valence-corrected chi connectivity index (χ2v) is 6.98. The zero-order chi connectivity index (χ0) is 20.8. The molecule has 0 aliphatic rings. The number of nitrogens with zero attached hydrogens (tertiary/aromatic N) is 4. The lowest BCUT2D eigenvalue weighted by Crippen LogP contribution is -2.38. The monoisotopic (exact) mass is 399 g/mol. The average molecular weight is 400 g/mol. The molecule has 152 valence electrons. The van der Waals surface area contributed by atoms with Crippen LogP contribution in [0.2, 0.25) is 0 Å². The average Bonchev–Trinajstić information content (AvgIpc) is 3.45. The predicted octanol–water partition coefficient (Wildman–Crippen LogP) is 3.67. The number of H-pyrrole nitrogens is 2. The highest BCUT2D eigenvalue weighted by molar-refractivity contribution is 5.79. The first-order valence-corrected chi connectivity index (χ1v) is 9.83. The fourth-order valence-electron chi connectivity index (χ4n) is 3.27. The first kappa shape index (κ1) is 19.4. The van der Waals surface area contributed by atoms with Gasteiger partial charge in [0.05, 0.1) is 36.9 Å². The van der Waals surface area contributed by atoms with E-state index in [0.29, 0.717) is 13.1 Å². The van der Waals surface area contributed by atoms with E-state index in [9.17, 15) is 0 Å². The van der Waals surface area contributed by atoms with Gasteiger partial charge < -0.3 is 20.2 Å². The predicted molar refractivity (Wildman–Crippen MR) is 120 cm³/mol. The highest BCUT2D eigenvalue weighted by atomic mass is 15.3. The van der Waals surface area contributed by atoms with Gasteiger partial charge in [0, 0.05) is 14.1 Å². The van der Waals surface area contributed by atoms with Crippen LogP contribution in [0.25, 0.3) is 22.5 Å². The van der Waals surface area contributed by atoms with Crippen molar-refractivity contribution in [1.82, 2.24) is 30.2 Å². The van der Waals surface area contributed by atoms with Gasteiger partial charge >= 0.3 is 0 Å². The third kappa shape index (κ3) is 4.57. The summed E-state index contributed by atoms with van der Waals surface area (Å²) in [6, 6.07) is 20.3. The third-order valence-electron chi connectivity index (χ3n) is 4.80. The lowest BCUT2D eigenvalue weighted by atomic mass is 10.2. The summed E-state index contributed by atoms with van der Waals surface area (Å²) >= 11 is 0. The van der Waals surface area contributed by atoms with Gasteiger partial charge in [-0.05, 0) is 11.1 Å². The van der Waals surface area contributed by atoms with Crippen LogP contribution in [-0.4, -0.2) is 44.9 Å². The van der Waals surface area contributed by atoms with Crippen molar-refractivity contribution in [2.75, 3.05) is 14.1 Å². The Bertz CT molecular complexity index is 1100. The Balaban J connectivity index is 1.35. The summed E-state index contributed by atoms with van der Waals surface area (Å²) < 4.78 is 0. The van der Waals surface area contributed by atoms with Crippen LogP contribution in [0.3, 0.4) is 0 Å². The van der Waals surface area contributed by atoms with E-state index >= 15 is 0 Å². The van der Waals surface area contributed by atoms with E-state index in [1.807, 2.05) is 60.7 Å². The molecule has 0 spiro atoms. The Morgan fingerprint density at radius 1 is 0.867 bits per heavy atom. The molecule has 7 nitrogen and oxygen atoms in total. The Morgan fingerprint density at radius 2 is 1.40 bits per heavy atom. The molecule has 3 N–H and O–H groups in total. The maximum atomic E-state index is 4.51. The van der Waals surface area contributed by atoms with Crippen molar-refractivity contribution >= 4 is 5.96 Å². The van der Waals surface area contributed by atoms with E-state index in [2.05, 4.69) is 54.5 Å². The topological polar surface area (TPSA) is 85.0 Å². The maximum Gasteiger partial charge on any atom is 0.194 e. The number of guanidine groups is 1. The van der Waals surface area contributed by atoms with E-state index in [4.69, 9.17) is 0 Å². The van der Waals surface area contributed by atoms with Crippen LogP contribution in [0.1, 0.15) is 11.6 Å². The van der Waals surface area contributed by atoms with Gasteiger partial charge in [-0.1, -0.05) is 60.7 Å². The zero-order valence-electron chi connectivity index (χ0n) is 17.1. The Kier molecular flexibility index (Phi) is 5.89. The standard InChI is InChI=1S/C23H25N7/c1-24-23(27-15-21-25-13-19(28-21)17-9-5-3-6-10-17)30(2)16-22-26-14-20(29-22)18-11-7-4-8-12-18/h3-14H,15-16H2,1-2H3,(H,24,27)(H,25,28)(H,26,29). The first-order valence-electron chi connectivity index (χ1n) is 9.83. The third-order valence-corrected chi connectivity index (χ3v) is 4.80. The Labute approximate surface area is 175 Å². The largest absolute Gasteiger partial charge is 0.349 e.